The average Bonchev–Trinajstić information content (AvgIpc) is 2.56. The molecule has 122 valence electrons. The fourth-order valence-corrected chi connectivity index (χ4v) is 1.97. The van der Waals surface area contributed by atoms with Crippen molar-refractivity contribution in [3.05, 3.63) is 35.9 Å². The van der Waals surface area contributed by atoms with Gasteiger partial charge in [0.1, 0.15) is 12.6 Å². The SMILES string of the molecule is CCN(CC)C[C@H](NC(=O)OCc1ccccc1)C(=O)OC. The zero-order valence-electron chi connectivity index (χ0n) is 13.4. The first-order chi connectivity index (χ1) is 10.6. The summed E-state index contributed by atoms with van der Waals surface area (Å²) in [6.45, 7) is 6.10. The van der Waals surface area contributed by atoms with E-state index in [1.165, 1.54) is 7.11 Å². The van der Waals surface area contributed by atoms with Crippen LogP contribution in [0.4, 0.5) is 4.79 Å². The molecule has 6 heteroatoms. The lowest BCUT2D eigenvalue weighted by molar-refractivity contribution is -0.143. The van der Waals surface area contributed by atoms with Crippen molar-refractivity contribution in [1.82, 2.24) is 10.2 Å². The van der Waals surface area contributed by atoms with Gasteiger partial charge in [0.2, 0.25) is 0 Å². The highest BCUT2D eigenvalue weighted by Crippen LogP contribution is 2.02. The fourth-order valence-electron chi connectivity index (χ4n) is 1.97. The van der Waals surface area contributed by atoms with Gasteiger partial charge in [-0.2, -0.15) is 0 Å². The Bertz CT molecular complexity index is 460. The van der Waals surface area contributed by atoms with Crippen LogP contribution in [0, 0.1) is 0 Å². The highest BCUT2D eigenvalue weighted by Gasteiger charge is 2.24. The van der Waals surface area contributed by atoms with Crippen LogP contribution in [-0.2, 0) is 20.9 Å². The molecule has 1 aromatic rings. The Balaban J connectivity index is 2.53. The number of esters is 1. The first-order valence-corrected chi connectivity index (χ1v) is 7.38. The highest BCUT2D eigenvalue weighted by atomic mass is 16.6. The van der Waals surface area contributed by atoms with Crippen molar-refractivity contribution in [3.8, 4) is 0 Å². The van der Waals surface area contributed by atoms with E-state index in [1.54, 1.807) is 0 Å². The van der Waals surface area contributed by atoms with Crippen molar-refractivity contribution in [2.45, 2.75) is 26.5 Å². The van der Waals surface area contributed by atoms with Gasteiger partial charge in [-0.3, -0.25) is 0 Å². The van der Waals surface area contributed by atoms with E-state index in [2.05, 4.69) is 5.32 Å². The number of carbonyl (C=O) groups excluding carboxylic acids is 2. The lowest BCUT2D eigenvalue weighted by Gasteiger charge is -2.24. The second-order valence-electron chi connectivity index (χ2n) is 4.77. The number of amides is 1. The fraction of sp³-hybridized carbons (Fsp3) is 0.500. The van der Waals surface area contributed by atoms with Gasteiger partial charge in [-0.25, -0.2) is 9.59 Å². The van der Waals surface area contributed by atoms with E-state index in [0.717, 1.165) is 18.7 Å². The molecule has 1 rings (SSSR count). The Labute approximate surface area is 131 Å². The number of hydrogen-bond donors (Lipinski definition) is 1. The van der Waals surface area contributed by atoms with Crippen LogP contribution < -0.4 is 5.32 Å². The van der Waals surface area contributed by atoms with Gasteiger partial charge >= 0.3 is 12.1 Å². The van der Waals surface area contributed by atoms with E-state index in [4.69, 9.17) is 9.47 Å². The van der Waals surface area contributed by atoms with Gasteiger partial charge in [0.25, 0.3) is 0 Å². The topological polar surface area (TPSA) is 67.9 Å². The predicted molar refractivity (Wildman–Crippen MR) is 83.4 cm³/mol. The minimum absolute atomic E-state index is 0.159. The molecule has 6 nitrogen and oxygen atoms in total. The van der Waals surface area contributed by atoms with Crippen molar-refractivity contribution in [3.63, 3.8) is 0 Å². The number of carbonyl (C=O) groups is 2. The summed E-state index contributed by atoms with van der Waals surface area (Å²) >= 11 is 0. The van der Waals surface area contributed by atoms with Crippen LogP contribution in [0.25, 0.3) is 0 Å². The lowest BCUT2D eigenvalue weighted by Crippen LogP contribution is -2.49. The van der Waals surface area contributed by atoms with Crippen LogP contribution in [0.15, 0.2) is 30.3 Å². The third-order valence-electron chi connectivity index (χ3n) is 3.33. The second-order valence-corrected chi connectivity index (χ2v) is 4.77. The number of rotatable bonds is 8. The summed E-state index contributed by atoms with van der Waals surface area (Å²) in [5.74, 6) is -0.483. The number of likely N-dealkylation sites (N-methyl/N-ethyl adjacent to an activating group) is 1. The molecule has 1 amide bonds. The zero-order chi connectivity index (χ0) is 16.4. The molecule has 1 atom stereocenters. The molecule has 1 aromatic carbocycles. The van der Waals surface area contributed by atoms with Crippen LogP contribution in [0.1, 0.15) is 19.4 Å². The number of nitrogens with one attached hydrogen (secondary N) is 1. The van der Waals surface area contributed by atoms with Gasteiger partial charge in [0, 0.05) is 6.54 Å². The lowest BCUT2D eigenvalue weighted by atomic mass is 10.2. The average molecular weight is 308 g/mol. The summed E-state index contributed by atoms with van der Waals surface area (Å²) in [5, 5.41) is 2.56. The molecular formula is C16H24N2O4. The molecule has 22 heavy (non-hydrogen) atoms. The first-order valence-electron chi connectivity index (χ1n) is 7.38. The van der Waals surface area contributed by atoms with Gasteiger partial charge in [0.15, 0.2) is 0 Å². The van der Waals surface area contributed by atoms with Gasteiger partial charge in [-0.1, -0.05) is 44.2 Å². The van der Waals surface area contributed by atoms with E-state index in [0.29, 0.717) is 6.54 Å². The molecule has 0 heterocycles. The minimum atomic E-state index is -0.742. The summed E-state index contributed by atoms with van der Waals surface area (Å²) in [6, 6.07) is 8.61. The van der Waals surface area contributed by atoms with Crippen LogP contribution in [0.3, 0.4) is 0 Å². The van der Waals surface area contributed by atoms with Crippen LogP contribution >= 0.6 is 0 Å². The van der Waals surface area contributed by atoms with Crippen molar-refractivity contribution in [1.29, 1.82) is 0 Å². The Hall–Kier alpha value is -2.08. The number of nitrogens with zero attached hydrogens (tertiary/aromatic N) is 1. The van der Waals surface area contributed by atoms with Gasteiger partial charge in [0.05, 0.1) is 7.11 Å². The van der Waals surface area contributed by atoms with Crippen LogP contribution in [0.5, 0.6) is 0 Å². The first kappa shape index (κ1) is 18.0. The third-order valence-corrected chi connectivity index (χ3v) is 3.33. The van der Waals surface area contributed by atoms with Crippen molar-refractivity contribution < 1.29 is 19.1 Å². The standard InChI is InChI=1S/C16H24N2O4/c1-4-18(5-2)11-14(15(19)21-3)17-16(20)22-12-13-9-7-6-8-10-13/h6-10,14H,4-5,11-12H2,1-3H3,(H,17,20)/t14-/m0/s1. The molecule has 0 saturated heterocycles. The minimum Gasteiger partial charge on any atom is -0.467 e. The molecular weight excluding hydrogens is 284 g/mol. The number of benzene rings is 1. The number of hydrogen-bond acceptors (Lipinski definition) is 5. The van der Waals surface area contributed by atoms with E-state index >= 15 is 0 Å². The molecule has 0 radical (unpaired) electrons. The predicted octanol–water partition coefficient (Wildman–Crippen LogP) is 1.80. The maximum Gasteiger partial charge on any atom is 0.408 e. The molecule has 0 aliphatic carbocycles. The quantitative estimate of drug-likeness (QED) is 0.742. The Kier molecular flexibility index (Phi) is 7.99. The molecule has 0 fully saturated rings. The van der Waals surface area contributed by atoms with Gasteiger partial charge in [-0.15, -0.1) is 0 Å². The van der Waals surface area contributed by atoms with Crippen molar-refractivity contribution in [2.24, 2.45) is 0 Å². The number of ether oxygens (including phenoxy) is 2. The molecule has 0 spiro atoms. The molecule has 0 aliphatic heterocycles. The highest BCUT2D eigenvalue weighted by molar-refractivity contribution is 5.81. The molecule has 0 unspecified atom stereocenters. The van der Waals surface area contributed by atoms with Gasteiger partial charge in [-0.05, 0) is 18.7 Å². The monoisotopic (exact) mass is 308 g/mol. The number of alkyl carbamates (subject to hydrolysis) is 1. The van der Waals surface area contributed by atoms with Crippen LogP contribution in [-0.4, -0.2) is 49.7 Å². The summed E-state index contributed by atoms with van der Waals surface area (Å²) in [6.07, 6.45) is -0.633. The van der Waals surface area contributed by atoms with Gasteiger partial charge < -0.3 is 19.7 Å². The summed E-state index contributed by atoms with van der Waals surface area (Å²) < 4.78 is 9.86. The third kappa shape index (κ3) is 6.13. The summed E-state index contributed by atoms with van der Waals surface area (Å²) in [7, 11) is 1.30. The largest absolute Gasteiger partial charge is 0.467 e. The van der Waals surface area contributed by atoms with Crippen molar-refractivity contribution >= 4 is 12.1 Å². The van der Waals surface area contributed by atoms with Crippen LogP contribution in [0.2, 0.25) is 0 Å². The van der Waals surface area contributed by atoms with Crippen molar-refractivity contribution in [2.75, 3.05) is 26.7 Å². The molecule has 1 N–H and O–H groups in total. The number of methoxy groups -OCH3 is 1. The molecule has 0 aliphatic rings. The Morgan fingerprint density at radius 2 is 1.82 bits per heavy atom. The summed E-state index contributed by atoms with van der Waals surface area (Å²) in [4.78, 5) is 25.6. The molecule has 0 aromatic heterocycles. The van der Waals surface area contributed by atoms with E-state index in [-0.39, 0.29) is 6.61 Å². The second kappa shape index (κ2) is 9.78. The maximum atomic E-state index is 11.8. The Morgan fingerprint density at radius 3 is 2.36 bits per heavy atom. The normalized spacial score (nSPS) is 11.8. The zero-order valence-corrected chi connectivity index (χ0v) is 13.4. The van der Waals surface area contributed by atoms with E-state index in [1.807, 2.05) is 49.1 Å². The summed E-state index contributed by atoms with van der Waals surface area (Å²) in [5.41, 5.74) is 0.885. The Morgan fingerprint density at radius 1 is 1.18 bits per heavy atom. The van der Waals surface area contributed by atoms with E-state index < -0.39 is 18.1 Å². The maximum absolute atomic E-state index is 11.8. The molecule has 0 saturated carbocycles. The molecule has 0 bridgehead atoms. The smallest absolute Gasteiger partial charge is 0.408 e. The van der Waals surface area contributed by atoms with E-state index in [9.17, 15) is 9.59 Å².